The summed E-state index contributed by atoms with van der Waals surface area (Å²) in [6.45, 7) is 3.58. The van der Waals surface area contributed by atoms with E-state index in [4.69, 9.17) is 9.90 Å². The van der Waals surface area contributed by atoms with Crippen molar-refractivity contribution in [3.63, 3.8) is 0 Å². The minimum atomic E-state index is -0.833. The van der Waals surface area contributed by atoms with Gasteiger partial charge in [0.1, 0.15) is 0 Å². The molecule has 0 spiro atoms. The fourth-order valence-corrected chi connectivity index (χ4v) is 3.11. The number of rotatable bonds is 4. The average Bonchev–Trinajstić information content (AvgIpc) is 3.27. The van der Waals surface area contributed by atoms with E-state index < -0.39 is 5.97 Å². The molecule has 27 heavy (non-hydrogen) atoms. The quantitative estimate of drug-likeness (QED) is 0.739. The van der Waals surface area contributed by atoms with Gasteiger partial charge in [-0.1, -0.05) is 18.2 Å². The molecule has 0 unspecified atom stereocenters. The Morgan fingerprint density at radius 3 is 2.81 bits per heavy atom. The minimum Gasteiger partial charge on any atom is -0.481 e. The highest BCUT2D eigenvalue weighted by atomic mass is 16.4. The molecule has 1 aliphatic rings. The van der Waals surface area contributed by atoms with Crippen molar-refractivity contribution in [1.82, 2.24) is 14.9 Å². The maximum atomic E-state index is 12.3. The molecule has 2 N–H and O–H groups in total. The molecule has 7 nitrogen and oxygen atoms in total. The molecule has 0 fully saturated rings. The predicted octanol–water partition coefficient (Wildman–Crippen LogP) is 2.22. The molecular formula is C20H22N4O3. The molecule has 7 heteroatoms. The summed E-state index contributed by atoms with van der Waals surface area (Å²) in [4.78, 5) is 23.6. The largest absolute Gasteiger partial charge is 0.481 e. The summed E-state index contributed by atoms with van der Waals surface area (Å²) in [7, 11) is 0. The molecular weight excluding hydrogens is 344 g/mol. The van der Waals surface area contributed by atoms with Crippen molar-refractivity contribution in [3.05, 3.63) is 66.0 Å². The van der Waals surface area contributed by atoms with E-state index in [0.717, 1.165) is 32.0 Å². The van der Waals surface area contributed by atoms with Crippen LogP contribution in [-0.4, -0.2) is 46.2 Å². The molecule has 0 radical (unpaired) electrons. The second kappa shape index (κ2) is 8.35. The van der Waals surface area contributed by atoms with Crippen LogP contribution in [0.25, 0.3) is 5.52 Å². The zero-order chi connectivity index (χ0) is 19.2. The Morgan fingerprint density at radius 1 is 1.22 bits per heavy atom. The van der Waals surface area contributed by atoms with Crippen LogP contribution in [0.4, 0.5) is 5.69 Å². The highest BCUT2D eigenvalue weighted by Crippen LogP contribution is 2.26. The number of amides is 1. The number of aliphatic carboxylic acids is 1. The first kappa shape index (κ1) is 18.4. The van der Waals surface area contributed by atoms with Gasteiger partial charge in [-0.25, -0.2) is 4.52 Å². The van der Waals surface area contributed by atoms with Crippen LogP contribution in [0.1, 0.15) is 22.8 Å². The van der Waals surface area contributed by atoms with Crippen molar-refractivity contribution in [1.29, 1.82) is 0 Å². The average molecular weight is 366 g/mol. The smallest absolute Gasteiger partial charge is 0.300 e. The summed E-state index contributed by atoms with van der Waals surface area (Å²) in [5, 5.41) is 14.6. The number of benzene rings is 1. The molecule has 2 aromatic heterocycles. The summed E-state index contributed by atoms with van der Waals surface area (Å²) in [6.07, 6.45) is 4.62. The van der Waals surface area contributed by atoms with Crippen molar-refractivity contribution in [2.45, 2.75) is 13.3 Å². The van der Waals surface area contributed by atoms with Crippen LogP contribution in [0.5, 0.6) is 0 Å². The lowest BCUT2D eigenvalue weighted by molar-refractivity contribution is -0.134. The number of para-hydroxylation sites is 1. The van der Waals surface area contributed by atoms with Gasteiger partial charge in [0, 0.05) is 50.2 Å². The molecule has 4 rings (SSSR count). The summed E-state index contributed by atoms with van der Waals surface area (Å²) >= 11 is 0. The van der Waals surface area contributed by atoms with Gasteiger partial charge in [-0.05, 0) is 36.2 Å². The second-order valence-electron chi connectivity index (χ2n) is 6.26. The number of anilines is 1. The number of carboxylic acid groups (broad SMARTS) is 1. The van der Waals surface area contributed by atoms with Crippen LogP contribution in [0.2, 0.25) is 0 Å². The van der Waals surface area contributed by atoms with E-state index in [2.05, 4.69) is 39.6 Å². The van der Waals surface area contributed by atoms with Crippen LogP contribution < -0.4 is 10.2 Å². The Morgan fingerprint density at radius 2 is 2.00 bits per heavy atom. The van der Waals surface area contributed by atoms with E-state index in [9.17, 15) is 4.79 Å². The third-order valence-corrected chi connectivity index (χ3v) is 4.31. The number of nitrogens with one attached hydrogen (secondary N) is 1. The molecule has 1 aromatic carbocycles. The highest BCUT2D eigenvalue weighted by molar-refractivity contribution is 5.95. The standard InChI is InChI=1S/C18H18N4O.C2H4O2/c23-18(15-7-11-22-16(13-15)5-8-20-22)19-9-12-21-10-6-14-3-1-2-4-17(14)21;1-2(3)4/h1-5,7-8,11,13H,6,9-10,12H2,(H,19,23);1H3,(H,3,4). The third-order valence-electron chi connectivity index (χ3n) is 4.31. The fourth-order valence-electron chi connectivity index (χ4n) is 3.11. The van der Waals surface area contributed by atoms with Crippen LogP contribution in [0.3, 0.4) is 0 Å². The number of hydrogen-bond donors (Lipinski definition) is 2. The van der Waals surface area contributed by atoms with Gasteiger partial charge in [0.25, 0.3) is 11.9 Å². The number of hydrogen-bond acceptors (Lipinski definition) is 4. The zero-order valence-electron chi connectivity index (χ0n) is 15.1. The van der Waals surface area contributed by atoms with E-state index in [-0.39, 0.29) is 5.91 Å². The first-order chi connectivity index (χ1) is 13.0. The molecule has 0 saturated heterocycles. The number of aromatic nitrogens is 2. The van der Waals surface area contributed by atoms with E-state index in [1.165, 1.54) is 11.3 Å². The lowest BCUT2D eigenvalue weighted by Gasteiger charge is -2.19. The number of carbonyl (C=O) groups excluding carboxylic acids is 1. The monoisotopic (exact) mass is 366 g/mol. The molecule has 1 aliphatic heterocycles. The van der Waals surface area contributed by atoms with Gasteiger partial charge in [0.2, 0.25) is 0 Å². The van der Waals surface area contributed by atoms with Gasteiger partial charge in [0.05, 0.1) is 5.52 Å². The van der Waals surface area contributed by atoms with Crippen molar-refractivity contribution in [3.8, 4) is 0 Å². The molecule has 3 heterocycles. The van der Waals surface area contributed by atoms with Gasteiger partial charge in [-0.15, -0.1) is 0 Å². The normalized spacial score (nSPS) is 12.3. The van der Waals surface area contributed by atoms with Crippen molar-refractivity contribution in [2.75, 3.05) is 24.5 Å². The van der Waals surface area contributed by atoms with Crippen molar-refractivity contribution >= 4 is 23.1 Å². The first-order valence-electron chi connectivity index (χ1n) is 8.78. The zero-order valence-corrected chi connectivity index (χ0v) is 15.1. The van der Waals surface area contributed by atoms with Gasteiger partial charge >= 0.3 is 0 Å². The number of fused-ring (bicyclic) bond motifs is 2. The second-order valence-corrected chi connectivity index (χ2v) is 6.26. The molecule has 0 atom stereocenters. The summed E-state index contributed by atoms with van der Waals surface area (Å²) in [5.41, 5.74) is 4.28. The van der Waals surface area contributed by atoms with E-state index in [0.29, 0.717) is 12.1 Å². The van der Waals surface area contributed by atoms with Gasteiger partial charge in [0.15, 0.2) is 0 Å². The SMILES string of the molecule is CC(=O)O.O=C(NCCN1CCc2ccccc21)c1ccn2nccc2c1. The van der Waals surface area contributed by atoms with E-state index in [1.807, 2.05) is 12.1 Å². The lowest BCUT2D eigenvalue weighted by atomic mass is 10.2. The molecule has 0 aliphatic carbocycles. The van der Waals surface area contributed by atoms with Crippen LogP contribution >= 0.6 is 0 Å². The molecule has 3 aromatic rings. The molecule has 0 bridgehead atoms. The number of pyridine rings is 1. The Kier molecular flexibility index (Phi) is 5.71. The Bertz CT molecular complexity index is 947. The minimum absolute atomic E-state index is 0.0406. The van der Waals surface area contributed by atoms with Crippen molar-refractivity contribution in [2.24, 2.45) is 0 Å². The molecule has 140 valence electrons. The summed E-state index contributed by atoms with van der Waals surface area (Å²) in [6, 6.07) is 14.0. The third kappa shape index (κ3) is 4.63. The molecule has 0 saturated carbocycles. The molecule has 1 amide bonds. The van der Waals surface area contributed by atoms with Crippen LogP contribution in [0, 0.1) is 0 Å². The maximum absolute atomic E-state index is 12.3. The van der Waals surface area contributed by atoms with E-state index >= 15 is 0 Å². The number of nitrogens with zero attached hydrogens (tertiary/aromatic N) is 3. The predicted molar refractivity (Wildman–Crippen MR) is 103 cm³/mol. The topological polar surface area (TPSA) is 86.9 Å². The maximum Gasteiger partial charge on any atom is 0.300 e. The van der Waals surface area contributed by atoms with Gasteiger partial charge < -0.3 is 15.3 Å². The fraction of sp³-hybridized carbons (Fsp3) is 0.250. The van der Waals surface area contributed by atoms with Crippen molar-refractivity contribution < 1.29 is 14.7 Å². The number of carbonyl (C=O) groups is 2. The van der Waals surface area contributed by atoms with Crippen LogP contribution in [0.15, 0.2) is 54.9 Å². The van der Waals surface area contributed by atoms with Gasteiger partial charge in [-0.2, -0.15) is 5.10 Å². The Hall–Kier alpha value is -3.35. The Labute approximate surface area is 157 Å². The lowest BCUT2D eigenvalue weighted by Crippen LogP contribution is -2.34. The first-order valence-corrected chi connectivity index (χ1v) is 8.78. The summed E-state index contributed by atoms with van der Waals surface area (Å²) in [5.74, 6) is -0.874. The van der Waals surface area contributed by atoms with Gasteiger partial charge in [-0.3, -0.25) is 9.59 Å². The summed E-state index contributed by atoms with van der Waals surface area (Å²) < 4.78 is 1.75. The van der Waals surface area contributed by atoms with Crippen LogP contribution in [-0.2, 0) is 11.2 Å². The number of carboxylic acids is 1. The Balaban J connectivity index is 0.000000481. The van der Waals surface area contributed by atoms with E-state index in [1.54, 1.807) is 23.0 Å². The highest BCUT2D eigenvalue weighted by Gasteiger charge is 2.17.